The molecule has 0 spiro atoms. The summed E-state index contributed by atoms with van der Waals surface area (Å²) in [5, 5.41) is 0. The monoisotopic (exact) mass is 182 g/mol. The molecule has 0 amide bonds. The molecule has 0 aliphatic carbocycles. The maximum Gasteiger partial charge on any atom is 0.194 e. The van der Waals surface area contributed by atoms with Crippen molar-refractivity contribution in [3.63, 3.8) is 0 Å². The number of hydrogen-bond donors (Lipinski definition) is 0. The molecule has 0 radical (unpaired) electrons. The van der Waals surface area contributed by atoms with E-state index in [1.54, 1.807) is 11.3 Å². The number of thiazole rings is 1. The Morgan fingerprint density at radius 3 is 2.50 bits per heavy atom. The van der Waals surface area contributed by atoms with Crippen molar-refractivity contribution in [1.29, 1.82) is 0 Å². The lowest BCUT2D eigenvalue weighted by atomic mass is 10.6. The minimum absolute atomic E-state index is 1.09. The van der Waals surface area contributed by atoms with E-state index in [4.69, 9.17) is 0 Å². The minimum Gasteiger partial charge on any atom is -0.297 e. The summed E-state index contributed by atoms with van der Waals surface area (Å²) in [5.41, 5.74) is 1.09. The predicted molar refractivity (Wildman–Crippen MR) is 53.9 cm³/mol. The van der Waals surface area contributed by atoms with Crippen LogP contribution >= 0.6 is 11.3 Å². The molecule has 0 aliphatic heterocycles. The van der Waals surface area contributed by atoms with Crippen LogP contribution in [0.1, 0.15) is 24.4 Å². The van der Waals surface area contributed by atoms with Crippen LogP contribution in [0.3, 0.4) is 0 Å². The third-order valence-electron chi connectivity index (χ3n) is 1.39. The van der Waals surface area contributed by atoms with Crippen molar-refractivity contribution in [3.8, 4) is 0 Å². The SMILES string of the molecule is CC.Cc1cn2cc(C)sc2n1. The van der Waals surface area contributed by atoms with E-state index in [2.05, 4.69) is 22.5 Å². The van der Waals surface area contributed by atoms with Gasteiger partial charge in [-0.2, -0.15) is 0 Å². The van der Waals surface area contributed by atoms with Crippen LogP contribution in [0.15, 0.2) is 12.4 Å². The number of imidazole rings is 1. The van der Waals surface area contributed by atoms with E-state index < -0.39 is 0 Å². The van der Waals surface area contributed by atoms with Crippen LogP contribution in [0.2, 0.25) is 0 Å². The summed E-state index contributed by atoms with van der Waals surface area (Å²) in [6.07, 6.45) is 4.14. The molecule has 0 aliphatic rings. The molecule has 2 rings (SSSR count). The van der Waals surface area contributed by atoms with Crippen molar-refractivity contribution in [2.24, 2.45) is 0 Å². The Balaban J connectivity index is 0.000000336. The lowest BCUT2D eigenvalue weighted by molar-refractivity contribution is 1.21. The van der Waals surface area contributed by atoms with E-state index in [0.717, 1.165) is 10.7 Å². The van der Waals surface area contributed by atoms with Gasteiger partial charge in [-0.05, 0) is 13.8 Å². The molecular weight excluding hydrogens is 168 g/mol. The molecule has 0 bridgehead atoms. The number of aromatic nitrogens is 2. The van der Waals surface area contributed by atoms with E-state index in [1.165, 1.54) is 4.88 Å². The average Bonchev–Trinajstić information content (AvgIpc) is 2.48. The van der Waals surface area contributed by atoms with Crippen LogP contribution in [0.4, 0.5) is 0 Å². The second kappa shape index (κ2) is 3.72. The van der Waals surface area contributed by atoms with Crippen molar-refractivity contribution in [3.05, 3.63) is 23.0 Å². The summed E-state index contributed by atoms with van der Waals surface area (Å²) in [7, 11) is 0. The predicted octanol–water partition coefficient (Wildman–Crippen LogP) is 3.04. The lowest BCUT2D eigenvalue weighted by Crippen LogP contribution is -1.68. The van der Waals surface area contributed by atoms with Crippen molar-refractivity contribution in [2.45, 2.75) is 27.7 Å². The summed E-state index contributed by atoms with van der Waals surface area (Å²) in [4.78, 5) is 6.72. The standard InChI is InChI=1S/C7H8N2S.C2H6/c1-5-3-9-4-6(2)10-7(9)8-5;1-2/h3-4H,1-2H3;1-2H3. The molecule has 2 nitrogen and oxygen atoms in total. The van der Waals surface area contributed by atoms with Crippen molar-refractivity contribution in [1.82, 2.24) is 9.38 Å². The van der Waals surface area contributed by atoms with E-state index in [-0.39, 0.29) is 0 Å². The zero-order valence-corrected chi connectivity index (χ0v) is 8.77. The topological polar surface area (TPSA) is 17.3 Å². The third-order valence-corrected chi connectivity index (χ3v) is 2.30. The molecule has 0 saturated heterocycles. The summed E-state index contributed by atoms with van der Waals surface area (Å²) < 4.78 is 2.06. The summed E-state index contributed by atoms with van der Waals surface area (Å²) in [5.74, 6) is 0. The quantitative estimate of drug-likeness (QED) is 0.612. The third kappa shape index (κ3) is 1.67. The normalized spacial score (nSPS) is 9.67. The molecule has 0 N–H and O–H groups in total. The number of nitrogens with zero attached hydrogens (tertiary/aromatic N) is 2. The molecule has 66 valence electrons. The van der Waals surface area contributed by atoms with Crippen LogP contribution in [-0.2, 0) is 0 Å². The fourth-order valence-corrected chi connectivity index (χ4v) is 1.88. The second-order valence-corrected chi connectivity index (χ2v) is 3.63. The van der Waals surface area contributed by atoms with Crippen LogP contribution in [0.25, 0.3) is 4.96 Å². The highest BCUT2D eigenvalue weighted by atomic mass is 32.1. The highest BCUT2D eigenvalue weighted by Crippen LogP contribution is 2.15. The van der Waals surface area contributed by atoms with Gasteiger partial charge in [0.05, 0.1) is 5.69 Å². The van der Waals surface area contributed by atoms with Crippen LogP contribution < -0.4 is 0 Å². The Morgan fingerprint density at radius 1 is 1.25 bits per heavy atom. The molecule has 0 unspecified atom stereocenters. The molecule has 0 fully saturated rings. The van der Waals surface area contributed by atoms with Crippen LogP contribution in [0.5, 0.6) is 0 Å². The Hall–Kier alpha value is -0.830. The number of rotatable bonds is 0. The maximum atomic E-state index is 4.32. The van der Waals surface area contributed by atoms with E-state index in [0.29, 0.717) is 0 Å². The molecule has 0 atom stereocenters. The first-order valence-electron chi connectivity index (χ1n) is 4.17. The van der Waals surface area contributed by atoms with Crippen molar-refractivity contribution >= 4 is 16.3 Å². The van der Waals surface area contributed by atoms with Crippen LogP contribution in [0, 0.1) is 13.8 Å². The average molecular weight is 182 g/mol. The highest BCUT2D eigenvalue weighted by molar-refractivity contribution is 7.16. The zero-order chi connectivity index (χ0) is 9.14. The van der Waals surface area contributed by atoms with Gasteiger partial charge < -0.3 is 0 Å². The van der Waals surface area contributed by atoms with Gasteiger partial charge in [0.1, 0.15) is 0 Å². The molecular formula is C9H14N2S. The van der Waals surface area contributed by atoms with Crippen molar-refractivity contribution < 1.29 is 0 Å². The first-order chi connectivity index (χ1) is 5.75. The molecule has 12 heavy (non-hydrogen) atoms. The first kappa shape index (κ1) is 9.26. The minimum atomic E-state index is 1.09. The Kier molecular flexibility index (Phi) is 2.87. The largest absolute Gasteiger partial charge is 0.297 e. The summed E-state index contributed by atoms with van der Waals surface area (Å²) >= 11 is 1.72. The number of hydrogen-bond acceptors (Lipinski definition) is 2. The molecule has 2 aromatic heterocycles. The van der Waals surface area contributed by atoms with Gasteiger partial charge in [0.15, 0.2) is 4.96 Å². The molecule has 0 saturated carbocycles. The fourth-order valence-electron chi connectivity index (χ4n) is 1.03. The molecule has 2 aromatic rings. The zero-order valence-electron chi connectivity index (χ0n) is 7.96. The highest BCUT2D eigenvalue weighted by Gasteiger charge is 1.98. The first-order valence-corrected chi connectivity index (χ1v) is 4.99. The summed E-state index contributed by atoms with van der Waals surface area (Å²) in [6.45, 7) is 8.10. The van der Waals surface area contributed by atoms with Gasteiger partial charge in [0.25, 0.3) is 0 Å². The maximum absolute atomic E-state index is 4.32. The number of fused-ring (bicyclic) bond motifs is 1. The van der Waals surface area contributed by atoms with Crippen molar-refractivity contribution in [2.75, 3.05) is 0 Å². The molecule has 0 aromatic carbocycles. The van der Waals surface area contributed by atoms with E-state index >= 15 is 0 Å². The van der Waals surface area contributed by atoms with Crippen LogP contribution in [-0.4, -0.2) is 9.38 Å². The van der Waals surface area contributed by atoms with Gasteiger partial charge >= 0.3 is 0 Å². The second-order valence-electron chi connectivity index (χ2n) is 2.41. The Labute approximate surface area is 76.9 Å². The fraction of sp³-hybridized carbons (Fsp3) is 0.444. The Morgan fingerprint density at radius 2 is 1.92 bits per heavy atom. The van der Waals surface area contributed by atoms with Gasteiger partial charge in [-0.15, -0.1) is 11.3 Å². The number of aryl methyl sites for hydroxylation is 2. The van der Waals surface area contributed by atoms with Gasteiger partial charge in [-0.25, -0.2) is 4.98 Å². The molecule has 2 heterocycles. The Bertz CT molecular complexity index is 296. The molecule has 3 heteroatoms. The van der Waals surface area contributed by atoms with Gasteiger partial charge in [0, 0.05) is 17.3 Å². The smallest absolute Gasteiger partial charge is 0.194 e. The van der Waals surface area contributed by atoms with E-state index in [1.807, 2.05) is 27.0 Å². The van der Waals surface area contributed by atoms with Gasteiger partial charge in [0.2, 0.25) is 0 Å². The lowest BCUT2D eigenvalue weighted by Gasteiger charge is -1.75. The summed E-state index contributed by atoms with van der Waals surface area (Å²) in [6, 6.07) is 0. The van der Waals surface area contributed by atoms with Gasteiger partial charge in [-0.3, -0.25) is 4.40 Å². The van der Waals surface area contributed by atoms with E-state index in [9.17, 15) is 0 Å². The van der Waals surface area contributed by atoms with Gasteiger partial charge in [-0.1, -0.05) is 13.8 Å².